The molecule has 2 amide bonds. The number of nitrogens with two attached hydrogens (primary N) is 1. The van der Waals surface area contributed by atoms with Gasteiger partial charge in [-0.2, -0.15) is 0 Å². The van der Waals surface area contributed by atoms with E-state index in [1.807, 2.05) is 0 Å². The third kappa shape index (κ3) is 4.50. The number of fused-ring (bicyclic) bond motifs is 1. The van der Waals surface area contributed by atoms with E-state index in [2.05, 4.69) is 26.1 Å². The van der Waals surface area contributed by atoms with Crippen LogP contribution in [-0.4, -0.2) is 18.4 Å². The smallest absolute Gasteiger partial charge is 0.262 e. The Labute approximate surface area is 174 Å². The molecular weight excluding hydrogens is 396 g/mol. The normalized spacial score (nSPS) is 16.4. The molecule has 2 aromatic rings. The molecule has 28 heavy (non-hydrogen) atoms. The van der Waals surface area contributed by atoms with Gasteiger partial charge in [-0.3, -0.25) is 9.59 Å². The lowest BCUT2D eigenvalue weighted by Gasteiger charge is -2.33. The first-order chi connectivity index (χ1) is 13.2. The third-order valence-electron chi connectivity index (χ3n) is 5.18. The van der Waals surface area contributed by atoms with Gasteiger partial charge in [0.15, 0.2) is 6.61 Å². The molecule has 150 valence electrons. The second-order valence-corrected chi connectivity index (χ2v) is 9.66. The second kappa shape index (κ2) is 8.13. The number of para-hydroxylation sites is 1. The molecule has 1 unspecified atom stereocenters. The highest BCUT2D eigenvalue weighted by Crippen LogP contribution is 2.44. The van der Waals surface area contributed by atoms with Crippen LogP contribution in [0.2, 0.25) is 5.02 Å². The molecule has 1 heterocycles. The number of halogens is 1. The van der Waals surface area contributed by atoms with Crippen LogP contribution in [-0.2, 0) is 17.6 Å². The average Bonchev–Trinajstić information content (AvgIpc) is 2.97. The van der Waals surface area contributed by atoms with E-state index in [9.17, 15) is 9.59 Å². The highest BCUT2D eigenvalue weighted by atomic mass is 35.5. The molecule has 5 nitrogen and oxygen atoms in total. The van der Waals surface area contributed by atoms with Gasteiger partial charge in [0.05, 0.1) is 10.6 Å². The maximum absolute atomic E-state index is 12.4. The molecule has 1 aromatic heterocycles. The molecule has 1 aromatic carbocycles. The second-order valence-electron chi connectivity index (χ2n) is 8.15. The fourth-order valence-corrected chi connectivity index (χ4v) is 5.08. The number of hydrogen-bond acceptors (Lipinski definition) is 4. The topological polar surface area (TPSA) is 81.4 Å². The zero-order chi connectivity index (χ0) is 20.5. The number of nitrogens with one attached hydrogen (secondary N) is 1. The Morgan fingerprint density at radius 3 is 2.68 bits per heavy atom. The standard InChI is InChI=1S/C21H25ClN2O3S/c1-21(2,3)12-8-9-13-16(10-12)28-20(18(13)19(23)26)24-17(25)11-27-15-7-5-4-6-14(15)22/h4-7,12H,8-11H2,1-3H3,(H2,23,26)(H,24,25). The molecule has 0 aliphatic heterocycles. The Bertz CT molecular complexity index is 902. The maximum Gasteiger partial charge on any atom is 0.262 e. The predicted octanol–water partition coefficient (Wildman–Crippen LogP) is 4.67. The molecule has 0 fully saturated rings. The van der Waals surface area contributed by atoms with Gasteiger partial charge in [-0.25, -0.2) is 0 Å². The first-order valence-corrected chi connectivity index (χ1v) is 10.5. The summed E-state index contributed by atoms with van der Waals surface area (Å²) in [5, 5.41) is 3.75. The van der Waals surface area contributed by atoms with E-state index in [-0.39, 0.29) is 17.9 Å². The van der Waals surface area contributed by atoms with Gasteiger partial charge in [-0.05, 0) is 48.3 Å². The monoisotopic (exact) mass is 420 g/mol. The molecule has 3 rings (SSSR count). The first kappa shape index (κ1) is 20.7. The van der Waals surface area contributed by atoms with Gasteiger partial charge in [0.1, 0.15) is 10.8 Å². The first-order valence-electron chi connectivity index (χ1n) is 9.28. The van der Waals surface area contributed by atoms with Crippen LogP contribution >= 0.6 is 22.9 Å². The Morgan fingerprint density at radius 1 is 1.32 bits per heavy atom. The van der Waals surface area contributed by atoms with Crippen molar-refractivity contribution in [1.29, 1.82) is 0 Å². The molecule has 3 N–H and O–H groups in total. The number of carbonyl (C=O) groups excluding carboxylic acids is 2. The van der Waals surface area contributed by atoms with E-state index in [0.29, 0.717) is 27.3 Å². The van der Waals surface area contributed by atoms with Crippen molar-refractivity contribution >= 4 is 39.8 Å². The number of benzene rings is 1. The molecule has 7 heteroatoms. The summed E-state index contributed by atoms with van der Waals surface area (Å²) in [5.41, 5.74) is 7.26. The minimum Gasteiger partial charge on any atom is -0.482 e. The van der Waals surface area contributed by atoms with Crippen molar-refractivity contribution in [2.24, 2.45) is 17.1 Å². The summed E-state index contributed by atoms with van der Waals surface area (Å²) in [5.74, 6) is 0.113. The van der Waals surface area contributed by atoms with Gasteiger partial charge in [-0.15, -0.1) is 11.3 Å². The highest BCUT2D eigenvalue weighted by Gasteiger charge is 2.33. The Kier molecular flexibility index (Phi) is 6.01. The van der Waals surface area contributed by atoms with Crippen molar-refractivity contribution in [1.82, 2.24) is 0 Å². The van der Waals surface area contributed by atoms with E-state index in [4.69, 9.17) is 22.1 Å². The molecule has 0 radical (unpaired) electrons. The molecule has 1 aliphatic carbocycles. The molecule has 0 bridgehead atoms. The number of amides is 2. The van der Waals surface area contributed by atoms with Crippen molar-refractivity contribution in [3.63, 3.8) is 0 Å². The van der Waals surface area contributed by atoms with Gasteiger partial charge in [-0.1, -0.05) is 44.5 Å². The van der Waals surface area contributed by atoms with Crippen molar-refractivity contribution in [3.8, 4) is 5.75 Å². The van der Waals surface area contributed by atoms with E-state index >= 15 is 0 Å². The van der Waals surface area contributed by atoms with Gasteiger partial charge in [0.2, 0.25) is 0 Å². The Morgan fingerprint density at radius 2 is 2.04 bits per heavy atom. The Balaban J connectivity index is 1.75. The average molecular weight is 421 g/mol. The van der Waals surface area contributed by atoms with Crippen molar-refractivity contribution in [2.75, 3.05) is 11.9 Å². The van der Waals surface area contributed by atoms with Crippen LogP contribution in [0.4, 0.5) is 5.00 Å². The number of hydrogen-bond donors (Lipinski definition) is 2. The van der Waals surface area contributed by atoms with E-state index in [0.717, 1.165) is 29.7 Å². The zero-order valence-electron chi connectivity index (χ0n) is 16.3. The maximum atomic E-state index is 12.4. The summed E-state index contributed by atoms with van der Waals surface area (Å²) < 4.78 is 5.48. The van der Waals surface area contributed by atoms with E-state index in [1.54, 1.807) is 24.3 Å². The van der Waals surface area contributed by atoms with E-state index < -0.39 is 5.91 Å². The fourth-order valence-electron chi connectivity index (χ4n) is 3.54. The largest absolute Gasteiger partial charge is 0.482 e. The molecule has 1 aliphatic rings. The van der Waals surface area contributed by atoms with E-state index in [1.165, 1.54) is 11.3 Å². The van der Waals surface area contributed by atoms with Gasteiger partial charge >= 0.3 is 0 Å². The van der Waals surface area contributed by atoms with Gasteiger partial charge in [0.25, 0.3) is 11.8 Å². The highest BCUT2D eigenvalue weighted by molar-refractivity contribution is 7.17. The zero-order valence-corrected chi connectivity index (χ0v) is 17.9. The lowest BCUT2D eigenvalue weighted by Crippen LogP contribution is -2.27. The number of primary amides is 1. The van der Waals surface area contributed by atoms with Crippen LogP contribution in [0.5, 0.6) is 5.75 Å². The summed E-state index contributed by atoms with van der Waals surface area (Å²) in [6, 6.07) is 6.96. The van der Waals surface area contributed by atoms with Crippen molar-refractivity contribution < 1.29 is 14.3 Å². The lowest BCUT2D eigenvalue weighted by molar-refractivity contribution is -0.118. The van der Waals surface area contributed by atoms with Crippen LogP contribution in [0, 0.1) is 11.3 Å². The van der Waals surface area contributed by atoms with Gasteiger partial charge < -0.3 is 15.8 Å². The summed E-state index contributed by atoms with van der Waals surface area (Å²) >= 11 is 7.49. The molecule has 1 atom stereocenters. The van der Waals surface area contributed by atoms with Crippen LogP contribution in [0.15, 0.2) is 24.3 Å². The minimum absolute atomic E-state index is 0.195. The lowest BCUT2D eigenvalue weighted by atomic mass is 9.72. The minimum atomic E-state index is -0.506. The number of anilines is 1. The SMILES string of the molecule is CC(C)(C)C1CCc2c(sc(NC(=O)COc3ccccc3Cl)c2C(N)=O)C1. The van der Waals surface area contributed by atoms with Crippen LogP contribution in [0.25, 0.3) is 0 Å². The summed E-state index contributed by atoms with van der Waals surface area (Å²) in [4.78, 5) is 25.6. The summed E-state index contributed by atoms with van der Waals surface area (Å²) in [6.07, 6.45) is 2.71. The summed E-state index contributed by atoms with van der Waals surface area (Å²) in [7, 11) is 0. The van der Waals surface area contributed by atoms with Crippen LogP contribution in [0.3, 0.4) is 0 Å². The van der Waals surface area contributed by atoms with Crippen molar-refractivity contribution in [3.05, 3.63) is 45.3 Å². The Hall–Kier alpha value is -2.05. The van der Waals surface area contributed by atoms with Crippen LogP contribution < -0.4 is 15.8 Å². The van der Waals surface area contributed by atoms with Gasteiger partial charge in [0, 0.05) is 4.88 Å². The molecule has 0 saturated heterocycles. The number of thiophene rings is 1. The predicted molar refractivity (Wildman–Crippen MR) is 113 cm³/mol. The van der Waals surface area contributed by atoms with Crippen LogP contribution in [0.1, 0.15) is 48.0 Å². The van der Waals surface area contributed by atoms with Crippen molar-refractivity contribution in [2.45, 2.75) is 40.0 Å². The number of ether oxygens (including phenoxy) is 1. The molecular formula is C21H25ClN2O3S. The quantitative estimate of drug-likeness (QED) is 0.737. The number of carbonyl (C=O) groups is 2. The fraction of sp³-hybridized carbons (Fsp3) is 0.429. The summed E-state index contributed by atoms with van der Waals surface area (Å²) in [6.45, 7) is 6.51. The molecule has 0 saturated carbocycles. The third-order valence-corrected chi connectivity index (χ3v) is 6.67. The number of rotatable bonds is 5. The molecule has 0 spiro atoms.